The molecule has 0 saturated heterocycles. The Kier molecular flexibility index (Phi) is 3.94. The fourth-order valence-electron chi connectivity index (χ4n) is 2.53. The van der Waals surface area contributed by atoms with E-state index in [2.05, 4.69) is 61.4 Å². The lowest BCUT2D eigenvalue weighted by atomic mass is 9.77. The first kappa shape index (κ1) is 13.8. The van der Waals surface area contributed by atoms with Gasteiger partial charge in [0.05, 0.1) is 5.56 Å². The first-order valence-electron chi connectivity index (χ1n) is 6.46. The van der Waals surface area contributed by atoms with Crippen LogP contribution in [0.3, 0.4) is 0 Å². The molecule has 0 aliphatic heterocycles. The molecule has 102 valence electrons. The monoisotopic (exact) mass is 393 g/mol. The number of carbonyl (C=O) groups excluding carboxylic acids is 1. The minimum Gasteiger partial charge on any atom is -0.351 e. The van der Waals surface area contributed by atoms with Gasteiger partial charge >= 0.3 is 0 Å². The Labute approximate surface area is 134 Å². The maximum atomic E-state index is 12.2. The molecule has 1 aliphatic rings. The van der Waals surface area contributed by atoms with Crippen LogP contribution in [0.15, 0.2) is 51.4 Å². The maximum absolute atomic E-state index is 12.2. The molecular weight excluding hydrogens is 382 g/mol. The summed E-state index contributed by atoms with van der Waals surface area (Å²) in [7, 11) is 0. The van der Waals surface area contributed by atoms with Crippen LogP contribution in [0.2, 0.25) is 0 Å². The summed E-state index contributed by atoms with van der Waals surface area (Å²) in [5.74, 6) is 0.406. The van der Waals surface area contributed by atoms with Crippen molar-refractivity contribution >= 4 is 37.8 Å². The number of hydrogen-bond donors (Lipinski definition) is 1. The molecule has 2 aromatic rings. The van der Waals surface area contributed by atoms with E-state index < -0.39 is 0 Å². The van der Waals surface area contributed by atoms with E-state index in [0.717, 1.165) is 15.4 Å². The van der Waals surface area contributed by atoms with Gasteiger partial charge in [-0.3, -0.25) is 4.79 Å². The third-order valence-electron chi connectivity index (χ3n) is 3.64. The zero-order valence-electron chi connectivity index (χ0n) is 10.7. The predicted molar refractivity (Wildman–Crippen MR) is 87.1 cm³/mol. The second-order valence-corrected chi connectivity index (χ2v) is 6.70. The van der Waals surface area contributed by atoms with E-state index in [-0.39, 0.29) is 5.91 Å². The molecule has 1 unspecified atom stereocenters. The third kappa shape index (κ3) is 2.67. The number of carbonyl (C=O) groups is 1. The fraction of sp³-hybridized carbons (Fsp3) is 0.188. The van der Waals surface area contributed by atoms with Crippen LogP contribution in [-0.2, 0) is 6.42 Å². The summed E-state index contributed by atoms with van der Waals surface area (Å²) in [6, 6.07) is 14.0. The summed E-state index contributed by atoms with van der Waals surface area (Å²) < 4.78 is 1.71. The number of rotatable bonds is 3. The van der Waals surface area contributed by atoms with E-state index in [1.165, 1.54) is 11.1 Å². The smallest absolute Gasteiger partial charge is 0.252 e. The van der Waals surface area contributed by atoms with Gasteiger partial charge in [-0.05, 0) is 51.7 Å². The van der Waals surface area contributed by atoms with E-state index in [9.17, 15) is 4.79 Å². The second kappa shape index (κ2) is 5.70. The first-order chi connectivity index (χ1) is 9.65. The molecule has 1 atom stereocenters. The van der Waals surface area contributed by atoms with Crippen LogP contribution in [0.5, 0.6) is 0 Å². The summed E-state index contributed by atoms with van der Waals surface area (Å²) in [5.41, 5.74) is 3.42. The molecule has 0 saturated carbocycles. The van der Waals surface area contributed by atoms with Gasteiger partial charge in [0.2, 0.25) is 0 Å². The highest BCUT2D eigenvalue weighted by Crippen LogP contribution is 2.34. The van der Waals surface area contributed by atoms with Gasteiger partial charge in [0.1, 0.15) is 0 Å². The number of hydrogen-bond acceptors (Lipinski definition) is 1. The van der Waals surface area contributed by atoms with Crippen molar-refractivity contribution in [3.05, 3.63) is 68.1 Å². The van der Waals surface area contributed by atoms with Crippen molar-refractivity contribution in [2.24, 2.45) is 0 Å². The van der Waals surface area contributed by atoms with Crippen LogP contribution in [0.4, 0.5) is 0 Å². The van der Waals surface area contributed by atoms with Gasteiger partial charge in [0.25, 0.3) is 5.91 Å². The molecule has 0 aromatic heterocycles. The molecule has 20 heavy (non-hydrogen) atoms. The molecule has 1 aliphatic carbocycles. The number of halogens is 2. The van der Waals surface area contributed by atoms with Crippen molar-refractivity contribution in [3.8, 4) is 0 Å². The van der Waals surface area contributed by atoms with Gasteiger partial charge in [-0.15, -0.1) is 0 Å². The van der Waals surface area contributed by atoms with Crippen LogP contribution >= 0.6 is 31.9 Å². The van der Waals surface area contributed by atoms with Gasteiger partial charge in [0.15, 0.2) is 0 Å². The van der Waals surface area contributed by atoms with E-state index in [4.69, 9.17) is 0 Å². The van der Waals surface area contributed by atoms with Gasteiger partial charge in [0, 0.05) is 21.4 Å². The average molecular weight is 395 g/mol. The zero-order valence-corrected chi connectivity index (χ0v) is 13.9. The van der Waals surface area contributed by atoms with Gasteiger partial charge < -0.3 is 5.32 Å². The normalized spacial score (nSPS) is 16.2. The third-order valence-corrected chi connectivity index (χ3v) is 4.83. The molecule has 2 nitrogen and oxygen atoms in total. The summed E-state index contributed by atoms with van der Waals surface area (Å²) in [6.45, 7) is 0.689. The van der Waals surface area contributed by atoms with Gasteiger partial charge in [-0.2, -0.15) is 0 Å². The first-order valence-corrected chi connectivity index (χ1v) is 8.05. The number of fused-ring (bicyclic) bond motifs is 1. The lowest BCUT2D eigenvalue weighted by Crippen LogP contribution is -2.33. The minimum atomic E-state index is -0.0393. The summed E-state index contributed by atoms with van der Waals surface area (Å²) in [6.07, 6.45) is 1.05. The quantitative estimate of drug-likeness (QED) is 0.826. The van der Waals surface area contributed by atoms with Crippen molar-refractivity contribution in [1.29, 1.82) is 0 Å². The van der Waals surface area contributed by atoms with E-state index in [1.54, 1.807) is 0 Å². The molecular formula is C16H13Br2NO. The molecule has 0 spiro atoms. The van der Waals surface area contributed by atoms with Gasteiger partial charge in [-0.25, -0.2) is 0 Å². The molecule has 2 aromatic carbocycles. The fourth-order valence-corrected chi connectivity index (χ4v) is 3.32. The largest absolute Gasteiger partial charge is 0.351 e. The van der Waals surface area contributed by atoms with Crippen LogP contribution in [0.1, 0.15) is 27.4 Å². The Balaban J connectivity index is 1.65. The second-order valence-electron chi connectivity index (χ2n) is 4.93. The average Bonchev–Trinajstić information content (AvgIpc) is 2.42. The molecule has 4 heteroatoms. The summed E-state index contributed by atoms with van der Waals surface area (Å²) >= 11 is 6.80. The van der Waals surface area contributed by atoms with E-state index in [1.807, 2.05) is 18.2 Å². The molecule has 3 rings (SSSR count). The Bertz CT molecular complexity index is 669. The highest BCUT2D eigenvalue weighted by Gasteiger charge is 2.25. The number of amides is 1. The lowest BCUT2D eigenvalue weighted by Gasteiger charge is -2.30. The SMILES string of the molecule is O=C(NCC1Cc2ccccc21)c1cc(Br)ccc1Br. The van der Waals surface area contributed by atoms with Crippen molar-refractivity contribution < 1.29 is 4.79 Å². The molecule has 1 N–H and O–H groups in total. The van der Waals surface area contributed by atoms with E-state index in [0.29, 0.717) is 18.0 Å². The van der Waals surface area contributed by atoms with Crippen LogP contribution in [0, 0.1) is 0 Å². The van der Waals surface area contributed by atoms with Crippen LogP contribution < -0.4 is 5.32 Å². The van der Waals surface area contributed by atoms with Crippen LogP contribution in [-0.4, -0.2) is 12.5 Å². The Morgan fingerprint density at radius 1 is 1.20 bits per heavy atom. The van der Waals surface area contributed by atoms with Crippen molar-refractivity contribution in [3.63, 3.8) is 0 Å². The molecule has 0 bridgehead atoms. The molecule has 1 amide bonds. The predicted octanol–water partition coefficient (Wildman–Crippen LogP) is 4.28. The highest BCUT2D eigenvalue weighted by atomic mass is 79.9. The standard InChI is InChI=1S/C16H13Br2NO/c17-12-5-6-15(18)14(8-12)16(20)19-9-11-7-10-3-1-2-4-13(10)11/h1-6,8,11H,7,9H2,(H,19,20). The number of nitrogens with one attached hydrogen (secondary N) is 1. The molecule has 0 radical (unpaired) electrons. The molecule has 0 heterocycles. The van der Waals surface area contributed by atoms with Crippen LogP contribution in [0.25, 0.3) is 0 Å². The Hall–Kier alpha value is -1.13. The Morgan fingerprint density at radius 3 is 2.80 bits per heavy atom. The van der Waals surface area contributed by atoms with Crippen molar-refractivity contribution in [2.45, 2.75) is 12.3 Å². The molecule has 0 fully saturated rings. The topological polar surface area (TPSA) is 29.1 Å². The zero-order chi connectivity index (χ0) is 14.1. The number of benzene rings is 2. The lowest BCUT2D eigenvalue weighted by molar-refractivity contribution is 0.0949. The van der Waals surface area contributed by atoms with E-state index >= 15 is 0 Å². The summed E-state index contributed by atoms with van der Waals surface area (Å²) in [5, 5.41) is 3.02. The maximum Gasteiger partial charge on any atom is 0.252 e. The summed E-state index contributed by atoms with van der Waals surface area (Å²) in [4.78, 5) is 12.2. The minimum absolute atomic E-state index is 0.0393. The van der Waals surface area contributed by atoms with Crippen molar-refractivity contribution in [2.75, 3.05) is 6.54 Å². The van der Waals surface area contributed by atoms with Crippen molar-refractivity contribution in [1.82, 2.24) is 5.32 Å². The van der Waals surface area contributed by atoms with Gasteiger partial charge in [-0.1, -0.05) is 40.2 Å². The highest BCUT2D eigenvalue weighted by molar-refractivity contribution is 9.11. The Morgan fingerprint density at radius 2 is 2.00 bits per heavy atom.